The third-order valence-corrected chi connectivity index (χ3v) is 4.14. The number of nitrogens with one attached hydrogen (secondary N) is 1. The van der Waals surface area contributed by atoms with Crippen LogP contribution in [0.3, 0.4) is 0 Å². The molecular formula is C18H29NO2. The molecule has 1 aliphatic carbocycles. The lowest BCUT2D eigenvalue weighted by Crippen LogP contribution is -2.61. The van der Waals surface area contributed by atoms with Crippen molar-refractivity contribution in [3.8, 4) is 5.75 Å². The number of ether oxygens (including phenoxy) is 2. The van der Waals surface area contributed by atoms with Gasteiger partial charge in [0.2, 0.25) is 0 Å². The van der Waals surface area contributed by atoms with Crippen molar-refractivity contribution in [1.82, 2.24) is 5.32 Å². The molecule has 0 heterocycles. The number of rotatable bonds is 7. The van der Waals surface area contributed by atoms with E-state index in [1.165, 1.54) is 16.7 Å². The molecule has 0 aromatic heterocycles. The molecule has 3 heteroatoms. The second-order valence-electron chi connectivity index (χ2n) is 6.10. The molecule has 0 saturated heterocycles. The van der Waals surface area contributed by atoms with Crippen molar-refractivity contribution in [1.29, 1.82) is 0 Å². The molecule has 1 saturated carbocycles. The Morgan fingerprint density at radius 2 is 1.81 bits per heavy atom. The van der Waals surface area contributed by atoms with Gasteiger partial charge in [-0.25, -0.2) is 0 Å². The van der Waals surface area contributed by atoms with E-state index in [9.17, 15) is 0 Å². The summed E-state index contributed by atoms with van der Waals surface area (Å²) >= 11 is 0. The van der Waals surface area contributed by atoms with Gasteiger partial charge in [-0.1, -0.05) is 24.6 Å². The summed E-state index contributed by atoms with van der Waals surface area (Å²) in [5.41, 5.74) is 3.72. The Kier molecular flexibility index (Phi) is 5.65. The highest BCUT2D eigenvalue weighted by molar-refractivity contribution is 5.43. The zero-order chi connectivity index (χ0) is 15.4. The van der Waals surface area contributed by atoms with E-state index < -0.39 is 0 Å². The predicted molar refractivity (Wildman–Crippen MR) is 87.2 cm³/mol. The van der Waals surface area contributed by atoms with Gasteiger partial charge in [0.15, 0.2) is 0 Å². The lowest BCUT2D eigenvalue weighted by Gasteiger charge is -2.44. The van der Waals surface area contributed by atoms with Gasteiger partial charge in [-0.2, -0.15) is 0 Å². The summed E-state index contributed by atoms with van der Waals surface area (Å²) in [6.07, 6.45) is 2.51. The minimum atomic E-state index is 0.166. The molecule has 118 valence electrons. The predicted octanol–water partition coefficient (Wildman–Crippen LogP) is 3.54. The summed E-state index contributed by atoms with van der Waals surface area (Å²) in [5.74, 6) is 1.03. The average Bonchev–Trinajstić information content (AvgIpc) is 2.41. The molecule has 1 aromatic rings. The maximum Gasteiger partial charge on any atom is 0.128 e. The van der Waals surface area contributed by atoms with Crippen LogP contribution in [0, 0.1) is 20.8 Å². The zero-order valence-electron chi connectivity index (χ0n) is 14.0. The Morgan fingerprint density at radius 1 is 1.14 bits per heavy atom. The fourth-order valence-electron chi connectivity index (χ4n) is 3.15. The Bertz CT molecular complexity index is 449. The van der Waals surface area contributed by atoms with Crippen LogP contribution in [0.15, 0.2) is 12.1 Å². The molecule has 3 atom stereocenters. The molecule has 1 N–H and O–H groups in total. The first-order chi connectivity index (χ1) is 10.1. The highest BCUT2D eigenvalue weighted by Gasteiger charge is 2.43. The van der Waals surface area contributed by atoms with Crippen molar-refractivity contribution in [3.05, 3.63) is 28.8 Å². The normalized spacial score (nSPS) is 24.7. The summed E-state index contributed by atoms with van der Waals surface area (Å²) in [4.78, 5) is 0. The number of hydrogen-bond donors (Lipinski definition) is 1. The second kappa shape index (κ2) is 7.28. The second-order valence-corrected chi connectivity index (χ2v) is 6.10. The zero-order valence-corrected chi connectivity index (χ0v) is 14.0. The van der Waals surface area contributed by atoms with Crippen LogP contribution in [0.25, 0.3) is 0 Å². The molecule has 0 amide bonds. The van der Waals surface area contributed by atoms with Crippen molar-refractivity contribution < 1.29 is 9.47 Å². The number of hydrogen-bond acceptors (Lipinski definition) is 3. The average molecular weight is 291 g/mol. The van der Waals surface area contributed by atoms with E-state index >= 15 is 0 Å². The van der Waals surface area contributed by atoms with E-state index in [1.54, 1.807) is 0 Å². The first-order valence-electron chi connectivity index (χ1n) is 8.16. The number of aryl methyl sites for hydroxylation is 3. The first-order valence-corrected chi connectivity index (χ1v) is 8.16. The van der Waals surface area contributed by atoms with Crippen LogP contribution in [0.1, 0.15) is 43.4 Å². The van der Waals surface area contributed by atoms with Crippen LogP contribution in [0.4, 0.5) is 0 Å². The van der Waals surface area contributed by atoms with Gasteiger partial charge in [0, 0.05) is 19.1 Å². The van der Waals surface area contributed by atoms with Gasteiger partial charge < -0.3 is 14.8 Å². The summed E-state index contributed by atoms with van der Waals surface area (Å²) < 4.78 is 12.2. The van der Waals surface area contributed by atoms with Crippen LogP contribution in [0.2, 0.25) is 0 Å². The molecule has 1 fully saturated rings. The van der Waals surface area contributed by atoms with Crippen molar-refractivity contribution >= 4 is 0 Å². The smallest absolute Gasteiger partial charge is 0.128 e. The SMILES string of the molecule is CCCNC1CC(Oc2c(C)cc(C)cc2C)C1OCC. The van der Waals surface area contributed by atoms with Gasteiger partial charge in [-0.15, -0.1) is 0 Å². The van der Waals surface area contributed by atoms with E-state index in [1.807, 2.05) is 0 Å². The maximum atomic E-state index is 6.28. The lowest BCUT2D eigenvalue weighted by atomic mass is 9.84. The minimum absolute atomic E-state index is 0.166. The molecule has 1 aromatic carbocycles. The standard InChI is InChI=1S/C18H29NO2/c1-6-8-19-15-11-16(18(15)20-7-2)21-17-13(4)9-12(3)10-14(17)5/h9-10,15-16,18-19H,6-8,11H2,1-5H3. The van der Waals surface area contributed by atoms with E-state index in [-0.39, 0.29) is 12.2 Å². The van der Waals surface area contributed by atoms with Crippen LogP contribution in [-0.4, -0.2) is 31.4 Å². The van der Waals surface area contributed by atoms with Crippen molar-refractivity contribution in [2.75, 3.05) is 13.2 Å². The summed E-state index contributed by atoms with van der Waals surface area (Å²) in [6, 6.07) is 4.80. The fourth-order valence-corrected chi connectivity index (χ4v) is 3.15. The third-order valence-electron chi connectivity index (χ3n) is 4.14. The van der Waals surface area contributed by atoms with Gasteiger partial charge >= 0.3 is 0 Å². The summed E-state index contributed by atoms with van der Waals surface area (Å²) in [6.45, 7) is 12.4. The Hall–Kier alpha value is -1.06. The quantitative estimate of drug-likeness (QED) is 0.833. The minimum Gasteiger partial charge on any atom is -0.487 e. The van der Waals surface area contributed by atoms with Crippen LogP contribution in [0.5, 0.6) is 5.75 Å². The Balaban J connectivity index is 2.03. The largest absolute Gasteiger partial charge is 0.487 e. The van der Waals surface area contributed by atoms with Gasteiger partial charge in [0.25, 0.3) is 0 Å². The van der Waals surface area contributed by atoms with Gasteiger partial charge in [-0.05, 0) is 51.8 Å². The molecule has 21 heavy (non-hydrogen) atoms. The van der Waals surface area contributed by atoms with Gasteiger partial charge in [0.05, 0.1) is 0 Å². The highest BCUT2D eigenvalue weighted by Crippen LogP contribution is 2.33. The van der Waals surface area contributed by atoms with E-state index in [0.29, 0.717) is 6.04 Å². The molecule has 3 nitrogen and oxygen atoms in total. The van der Waals surface area contributed by atoms with E-state index in [2.05, 4.69) is 52.1 Å². The maximum absolute atomic E-state index is 6.28. The van der Waals surface area contributed by atoms with Gasteiger partial charge in [0.1, 0.15) is 18.0 Å². The molecule has 0 radical (unpaired) electrons. The fraction of sp³-hybridized carbons (Fsp3) is 0.667. The Morgan fingerprint density at radius 3 is 2.38 bits per heavy atom. The topological polar surface area (TPSA) is 30.5 Å². The summed E-state index contributed by atoms with van der Waals surface area (Å²) in [5, 5.41) is 3.55. The molecule has 0 aliphatic heterocycles. The molecule has 3 unspecified atom stereocenters. The molecule has 0 bridgehead atoms. The van der Waals surface area contributed by atoms with Crippen molar-refractivity contribution in [2.24, 2.45) is 0 Å². The molecular weight excluding hydrogens is 262 g/mol. The lowest BCUT2D eigenvalue weighted by molar-refractivity contribution is -0.105. The van der Waals surface area contributed by atoms with Crippen molar-refractivity contribution in [2.45, 2.75) is 65.7 Å². The van der Waals surface area contributed by atoms with Crippen LogP contribution >= 0.6 is 0 Å². The monoisotopic (exact) mass is 291 g/mol. The molecule has 2 rings (SSSR count). The van der Waals surface area contributed by atoms with Crippen molar-refractivity contribution in [3.63, 3.8) is 0 Å². The molecule has 0 spiro atoms. The summed E-state index contributed by atoms with van der Waals surface area (Å²) in [7, 11) is 0. The highest BCUT2D eigenvalue weighted by atomic mass is 16.5. The molecule has 1 aliphatic rings. The van der Waals surface area contributed by atoms with Crippen LogP contribution < -0.4 is 10.1 Å². The van der Waals surface area contributed by atoms with E-state index in [4.69, 9.17) is 9.47 Å². The third kappa shape index (κ3) is 3.78. The van der Waals surface area contributed by atoms with Gasteiger partial charge in [-0.3, -0.25) is 0 Å². The van der Waals surface area contributed by atoms with Crippen LogP contribution in [-0.2, 0) is 4.74 Å². The van der Waals surface area contributed by atoms with E-state index in [0.717, 1.165) is 31.7 Å². The Labute approximate surface area is 129 Å². The number of benzene rings is 1. The first kappa shape index (κ1) is 16.3.